The summed E-state index contributed by atoms with van der Waals surface area (Å²) < 4.78 is 0. The van der Waals surface area contributed by atoms with E-state index in [0.29, 0.717) is 5.15 Å². The van der Waals surface area contributed by atoms with Crippen LogP contribution in [-0.2, 0) is 13.1 Å². The van der Waals surface area contributed by atoms with Crippen LogP contribution in [0.5, 0.6) is 0 Å². The van der Waals surface area contributed by atoms with E-state index in [2.05, 4.69) is 33.8 Å². The lowest BCUT2D eigenvalue weighted by Crippen LogP contribution is -2.16. The highest BCUT2D eigenvalue weighted by molar-refractivity contribution is 7.07. The van der Waals surface area contributed by atoms with Gasteiger partial charge in [-0.05, 0) is 47.1 Å². The lowest BCUT2D eigenvalue weighted by Gasteiger charge is -2.15. The maximum Gasteiger partial charge on any atom is 0.129 e. The van der Waals surface area contributed by atoms with E-state index in [1.165, 1.54) is 11.1 Å². The van der Waals surface area contributed by atoms with E-state index in [1.54, 1.807) is 17.5 Å². The summed E-state index contributed by atoms with van der Waals surface area (Å²) in [7, 11) is 2.10. The molecule has 0 N–H and O–H groups in total. The minimum atomic E-state index is 0.557. The molecule has 0 spiro atoms. The lowest BCUT2D eigenvalue weighted by molar-refractivity contribution is 0.319. The summed E-state index contributed by atoms with van der Waals surface area (Å²) >= 11 is 7.58. The molecule has 16 heavy (non-hydrogen) atoms. The van der Waals surface area contributed by atoms with Crippen LogP contribution in [0.1, 0.15) is 11.1 Å². The van der Waals surface area contributed by atoms with Crippen molar-refractivity contribution < 1.29 is 0 Å². The van der Waals surface area contributed by atoms with Gasteiger partial charge < -0.3 is 0 Å². The first-order valence-corrected chi connectivity index (χ1v) is 6.36. The first kappa shape index (κ1) is 11.6. The van der Waals surface area contributed by atoms with Gasteiger partial charge in [0.05, 0.1) is 0 Å². The van der Waals surface area contributed by atoms with Gasteiger partial charge in [-0.15, -0.1) is 0 Å². The molecule has 0 saturated heterocycles. The maximum absolute atomic E-state index is 5.84. The number of thiophene rings is 1. The Hall–Kier alpha value is -0.900. The Kier molecular flexibility index (Phi) is 3.93. The Morgan fingerprint density at radius 3 is 2.81 bits per heavy atom. The van der Waals surface area contributed by atoms with Crippen LogP contribution in [0.2, 0.25) is 5.15 Å². The monoisotopic (exact) mass is 252 g/mol. The van der Waals surface area contributed by atoms with Crippen LogP contribution < -0.4 is 0 Å². The van der Waals surface area contributed by atoms with Crippen molar-refractivity contribution in [1.82, 2.24) is 9.88 Å². The van der Waals surface area contributed by atoms with Crippen LogP contribution in [0.3, 0.4) is 0 Å². The van der Waals surface area contributed by atoms with Gasteiger partial charge in [-0.25, -0.2) is 4.98 Å². The number of halogens is 1. The molecule has 4 heteroatoms. The highest BCUT2D eigenvalue weighted by Crippen LogP contribution is 2.12. The minimum Gasteiger partial charge on any atom is -0.298 e. The molecular weight excluding hydrogens is 240 g/mol. The molecule has 0 atom stereocenters. The van der Waals surface area contributed by atoms with E-state index in [9.17, 15) is 0 Å². The number of rotatable bonds is 4. The normalized spacial score (nSPS) is 10.9. The fourth-order valence-electron chi connectivity index (χ4n) is 1.60. The quantitative estimate of drug-likeness (QED) is 0.775. The largest absolute Gasteiger partial charge is 0.298 e. The summed E-state index contributed by atoms with van der Waals surface area (Å²) in [5.41, 5.74) is 2.55. The zero-order valence-corrected chi connectivity index (χ0v) is 10.6. The van der Waals surface area contributed by atoms with Crippen LogP contribution in [0.15, 0.2) is 35.2 Å². The van der Waals surface area contributed by atoms with E-state index in [-0.39, 0.29) is 0 Å². The molecule has 2 heterocycles. The minimum absolute atomic E-state index is 0.557. The van der Waals surface area contributed by atoms with Crippen molar-refractivity contribution in [1.29, 1.82) is 0 Å². The summed E-state index contributed by atoms with van der Waals surface area (Å²) in [5, 5.41) is 4.84. The van der Waals surface area contributed by atoms with Gasteiger partial charge >= 0.3 is 0 Å². The predicted molar refractivity (Wildman–Crippen MR) is 68.7 cm³/mol. The molecule has 2 aromatic heterocycles. The van der Waals surface area contributed by atoms with Crippen LogP contribution >= 0.6 is 22.9 Å². The van der Waals surface area contributed by atoms with Gasteiger partial charge in [-0.3, -0.25) is 4.90 Å². The predicted octanol–water partition coefficient (Wildman–Crippen LogP) is 3.43. The summed E-state index contributed by atoms with van der Waals surface area (Å²) in [6.45, 7) is 1.85. The van der Waals surface area contributed by atoms with E-state index in [0.717, 1.165) is 13.1 Å². The molecule has 0 bridgehead atoms. The Morgan fingerprint density at radius 2 is 2.12 bits per heavy atom. The molecule has 2 nitrogen and oxygen atoms in total. The fraction of sp³-hybridized carbons (Fsp3) is 0.250. The van der Waals surface area contributed by atoms with E-state index < -0.39 is 0 Å². The summed E-state index contributed by atoms with van der Waals surface area (Å²) in [4.78, 5) is 6.23. The van der Waals surface area contributed by atoms with Crippen LogP contribution in [0.4, 0.5) is 0 Å². The van der Waals surface area contributed by atoms with Gasteiger partial charge in [-0.2, -0.15) is 11.3 Å². The molecular formula is C12H13ClN2S. The van der Waals surface area contributed by atoms with Crippen molar-refractivity contribution in [2.24, 2.45) is 0 Å². The van der Waals surface area contributed by atoms with Crippen molar-refractivity contribution in [2.45, 2.75) is 13.1 Å². The molecule has 2 rings (SSSR count). The molecule has 0 aliphatic carbocycles. The second-order valence-corrected chi connectivity index (χ2v) is 4.96. The van der Waals surface area contributed by atoms with Gasteiger partial charge in [0.1, 0.15) is 5.15 Å². The highest BCUT2D eigenvalue weighted by Gasteiger charge is 2.02. The zero-order chi connectivity index (χ0) is 11.4. The van der Waals surface area contributed by atoms with Crippen LogP contribution in [0.25, 0.3) is 0 Å². The number of aromatic nitrogens is 1. The first-order valence-electron chi connectivity index (χ1n) is 5.04. The van der Waals surface area contributed by atoms with Gasteiger partial charge in [0.25, 0.3) is 0 Å². The molecule has 0 amide bonds. The standard InChI is InChI=1S/C12H13ClN2S/c1-15(8-11-3-5-16-9-11)7-10-2-4-14-12(13)6-10/h2-6,9H,7-8H2,1H3. The topological polar surface area (TPSA) is 16.1 Å². The molecule has 0 unspecified atom stereocenters. The summed E-state index contributed by atoms with van der Waals surface area (Å²) in [6, 6.07) is 6.06. The number of pyridine rings is 1. The van der Waals surface area contributed by atoms with Gasteiger partial charge in [0.2, 0.25) is 0 Å². The first-order chi connectivity index (χ1) is 7.74. The molecule has 0 fully saturated rings. The van der Waals surface area contributed by atoms with Crippen molar-refractivity contribution >= 4 is 22.9 Å². The van der Waals surface area contributed by atoms with Crippen molar-refractivity contribution in [3.63, 3.8) is 0 Å². The lowest BCUT2D eigenvalue weighted by atomic mass is 10.2. The smallest absolute Gasteiger partial charge is 0.129 e. The average molecular weight is 253 g/mol. The van der Waals surface area contributed by atoms with Gasteiger partial charge in [-0.1, -0.05) is 11.6 Å². The van der Waals surface area contributed by atoms with Gasteiger partial charge in [0, 0.05) is 19.3 Å². The molecule has 0 aliphatic heterocycles. The van der Waals surface area contributed by atoms with E-state index in [1.807, 2.05) is 12.1 Å². The van der Waals surface area contributed by atoms with E-state index >= 15 is 0 Å². The van der Waals surface area contributed by atoms with Gasteiger partial charge in [0.15, 0.2) is 0 Å². The van der Waals surface area contributed by atoms with Crippen molar-refractivity contribution in [3.05, 3.63) is 51.4 Å². The SMILES string of the molecule is CN(Cc1ccsc1)Cc1ccnc(Cl)c1. The molecule has 0 aromatic carbocycles. The third kappa shape index (κ3) is 3.30. The Bertz CT molecular complexity index is 442. The Labute approximate surface area is 105 Å². The zero-order valence-electron chi connectivity index (χ0n) is 9.06. The second-order valence-electron chi connectivity index (χ2n) is 3.79. The maximum atomic E-state index is 5.84. The second kappa shape index (κ2) is 5.43. The van der Waals surface area contributed by atoms with E-state index in [4.69, 9.17) is 11.6 Å². The Balaban J connectivity index is 1.94. The molecule has 84 valence electrons. The number of nitrogens with zero attached hydrogens (tertiary/aromatic N) is 2. The molecule has 0 aliphatic rings. The summed E-state index contributed by atoms with van der Waals surface area (Å²) in [6.07, 6.45) is 1.75. The molecule has 2 aromatic rings. The van der Waals surface area contributed by atoms with Crippen molar-refractivity contribution in [3.8, 4) is 0 Å². The van der Waals surface area contributed by atoms with Crippen LogP contribution in [0, 0.1) is 0 Å². The highest BCUT2D eigenvalue weighted by atomic mass is 35.5. The average Bonchev–Trinajstić information content (AvgIpc) is 2.70. The summed E-state index contributed by atoms with van der Waals surface area (Å²) in [5.74, 6) is 0. The third-order valence-corrected chi connectivity index (χ3v) is 3.21. The third-order valence-electron chi connectivity index (χ3n) is 2.28. The number of hydrogen-bond acceptors (Lipinski definition) is 3. The van der Waals surface area contributed by atoms with Crippen molar-refractivity contribution in [2.75, 3.05) is 7.05 Å². The fourth-order valence-corrected chi connectivity index (χ4v) is 2.46. The molecule has 0 radical (unpaired) electrons. The van der Waals surface area contributed by atoms with Crippen LogP contribution in [-0.4, -0.2) is 16.9 Å². The Morgan fingerprint density at radius 1 is 1.31 bits per heavy atom. The number of hydrogen-bond donors (Lipinski definition) is 0. The molecule has 0 saturated carbocycles.